The Bertz CT molecular complexity index is 226. The third-order valence-corrected chi connectivity index (χ3v) is 4.71. The zero-order valence-corrected chi connectivity index (χ0v) is 11.2. The van der Waals surface area contributed by atoms with Crippen LogP contribution in [0.5, 0.6) is 0 Å². The van der Waals surface area contributed by atoms with Crippen LogP contribution in [0.2, 0.25) is 0 Å². The van der Waals surface area contributed by atoms with Crippen molar-refractivity contribution in [1.29, 1.82) is 0 Å². The monoisotopic (exact) mass is 240 g/mol. The average molecular weight is 240 g/mol. The zero-order valence-electron chi connectivity index (χ0n) is 11.2. The minimum Gasteiger partial charge on any atom is -0.378 e. The maximum absolute atomic E-state index is 5.91. The molecule has 0 amide bonds. The molecular weight excluding hydrogens is 212 g/mol. The van der Waals surface area contributed by atoms with Crippen molar-refractivity contribution in [3.8, 4) is 0 Å². The van der Waals surface area contributed by atoms with Gasteiger partial charge in [0.2, 0.25) is 0 Å². The molecule has 2 aliphatic carbocycles. The first-order valence-electron chi connectivity index (χ1n) is 7.38. The summed E-state index contributed by atoms with van der Waals surface area (Å²) in [5, 5.41) is 3.74. The van der Waals surface area contributed by atoms with E-state index in [0.29, 0.717) is 17.6 Å². The summed E-state index contributed by atoms with van der Waals surface area (Å²) in [6.45, 7) is 4.93. The maximum atomic E-state index is 5.91. The Kier molecular flexibility index (Phi) is 4.83. The lowest BCUT2D eigenvalue weighted by molar-refractivity contribution is -0.130. The van der Waals surface area contributed by atoms with E-state index in [4.69, 9.17) is 10.5 Å². The van der Waals surface area contributed by atoms with E-state index in [9.17, 15) is 0 Å². The quantitative estimate of drug-likeness (QED) is 0.670. The summed E-state index contributed by atoms with van der Waals surface area (Å²) >= 11 is 0. The van der Waals surface area contributed by atoms with Gasteiger partial charge < -0.3 is 15.8 Å². The Morgan fingerprint density at radius 1 is 1.29 bits per heavy atom. The fraction of sp³-hybridized carbons (Fsp3) is 1.00. The van der Waals surface area contributed by atoms with Gasteiger partial charge in [-0.25, -0.2) is 0 Å². The van der Waals surface area contributed by atoms with Crippen molar-refractivity contribution in [2.24, 2.45) is 11.1 Å². The molecule has 0 heterocycles. The van der Waals surface area contributed by atoms with Crippen LogP contribution in [0.3, 0.4) is 0 Å². The van der Waals surface area contributed by atoms with Gasteiger partial charge in [-0.1, -0.05) is 12.8 Å². The number of nitrogens with two attached hydrogens (primary N) is 1. The predicted molar refractivity (Wildman–Crippen MR) is 71.0 cm³/mol. The third-order valence-electron chi connectivity index (χ3n) is 4.71. The molecule has 2 saturated carbocycles. The van der Waals surface area contributed by atoms with E-state index in [2.05, 4.69) is 12.2 Å². The van der Waals surface area contributed by atoms with Crippen molar-refractivity contribution in [2.45, 2.75) is 64.0 Å². The molecule has 0 aromatic rings. The Morgan fingerprint density at radius 3 is 2.71 bits per heavy atom. The Morgan fingerprint density at radius 2 is 2.06 bits per heavy atom. The van der Waals surface area contributed by atoms with Gasteiger partial charge >= 0.3 is 0 Å². The first-order chi connectivity index (χ1) is 8.33. The van der Waals surface area contributed by atoms with Crippen LogP contribution in [-0.2, 0) is 4.74 Å². The van der Waals surface area contributed by atoms with Crippen LogP contribution in [0, 0.1) is 5.41 Å². The van der Waals surface area contributed by atoms with E-state index in [1.807, 2.05) is 0 Å². The minimum atomic E-state index is 0.485. The van der Waals surface area contributed by atoms with E-state index < -0.39 is 0 Å². The maximum Gasteiger partial charge on any atom is 0.0661 e. The summed E-state index contributed by atoms with van der Waals surface area (Å²) in [5.74, 6) is 0. The van der Waals surface area contributed by atoms with Gasteiger partial charge in [-0.15, -0.1) is 0 Å². The largest absolute Gasteiger partial charge is 0.378 e. The van der Waals surface area contributed by atoms with Crippen LogP contribution < -0.4 is 11.1 Å². The van der Waals surface area contributed by atoms with Gasteiger partial charge in [0, 0.05) is 18.1 Å². The number of hydrogen-bond acceptors (Lipinski definition) is 3. The Balaban J connectivity index is 1.79. The predicted octanol–water partition coefficient (Wildman–Crippen LogP) is 2.05. The second kappa shape index (κ2) is 6.17. The van der Waals surface area contributed by atoms with Crippen molar-refractivity contribution < 1.29 is 4.74 Å². The molecule has 3 N–H and O–H groups in total. The molecule has 2 unspecified atom stereocenters. The lowest BCUT2D eigenvalue weighted by atomic mass is 9.60. The highest BCUT2D eigenvalue weighted by Crippen LogP contribution is 2.54. The normalized spacial score (nSPS) is 30.7. The second-order valence-corrected chi connectivity index (χ2v) is 5.62. The van der Waals surface area contributed by atoms with E-state index in [-0.39, 0.29) is 0 Å². The van der Waals surface area contributed by atoms with Crippen LogP contribution in [0.15, 0.2) is 0 Å². The zero-order chi connectivity index (χ0) is 12.1. The van der Waals surface area contributed by atoms with Crippen LogP contribution >= 0.6 is 0 Å². The summed E-state index contributed by atoms with van der Waals surface area (Å²) in [7, 11) is 0. The van der Waals surface area contributed by atoms with E-state index in [1.54, 1.807) is 0 Å². The first kappa shape index (κ1) is 13.3. The minimum absolute atomic E-state index is 0.485. The molecule has 100 valence electrons. The summed E-state index contributed by atoms with van der Waals surface area (Å²) in [6.07, 6.45) is 9.62. The summed E-state index contributed by atoms with van der Waals surface area (Å²) in [5.41, 5.74) is 6.01. The topological polar surface area (TPSA) is 47.3 Å². The fourth-order valence-corrected chi connectivity index (χ4v) is 3.72. The van der Waals surface area contributed by atoms with E-state index in [1.165, 1.54) is 38.5 Å². The molecule has 0 aromatic heterocycles. The summed E-state index contributed by atoms with van der Waals surface area (Å²) in [6, 6.07) is 0.708. The van der Waals surface area contributed by atoms with Gasteiger partial charge in [-0.2, -0.15) is 0 Å². The summed E-state index contributed by atoms with van der Waals surface area (Å²) < 4.78 is 5.91. The molecule has 0 bridgehead atoms. The van der Waals surface area contributed by atoms with Crippen LogP contribution in [0.1, 0.15) is 51.9 Å². The van der Waals surface area contributed by atoms with Gasteiger partial charge in [0.05, 0.1) is 6.10 Å². The van der Waals surface area contributed by atoms with Crippen LogP contribution in [-0.4, -0.2) is 31.8 Å². The number of unbranched alkanes of at least 4 members (excludes halogenated alkanes) is 1. The molecule has 2 aliphatic rings. The van der Waals surface area contributed by atoms with Gasteiger partial charge in [0.25, 0.3) is 0 Å². The van der Waals surface area contributed by atoms with E-state index in [0.717, 1.165) is 26.1 Å². The lowest BCUT2D eigenvalue weighted by Gasteiger charge is -2.54. The molecular formula is C14H28N2O. The Hall–Kier alpha value is -0.120. The SMILES string of the molecule is CCOC1CC(NCCCCN)C12CCCC2. The molecule has 3 nitrogen and oxygen atoms in total. The summed E-state index contributed by atoms with van der Waals surface area (Å²) in [4.78, 5) is 0. The molecule has 0 radical (unpaired) electrons. The third kappa shape index (κ3) is 2.67. The van der Waals surface area contributed by atoms with Crippen molar-refractivity contribution in [3.63, 3.8) is 0 Å². The number of nitrogens with one attached hydrogen (secondary N) is 1. The van der Waals surface area contributed by atoms with Crippen molar-refractivity contribution in [3.05, 3.63) is 0 Å². The van der Waals surface area contributed by atoms with Gasteiger partial charge in [-0.3, -0.25) is 0 Å². The molecule has 2 atom stereocenters. The Labute approximate surface area is 105 Å². The standard InChI is InChI=1S/C14H28N2O/c1-2-17-13-11-12(16-10-6-5-9-15)14(13)7-3-4-8-14/h12-13,16H,2-11,15H2,1H3. The molecule has 2 rings (SSSR count). The van der Waals surface area contributed by atoms with Gasteiger partial charge in [0.15, 0.2) is 0 Å². The van der Waals surface area contributed by atoms with Crippen LogP contribution in [0.25, 0.3) is 0 Å². The lowest BCUT2D eigenvalue weighted by Crippen LogP contribution is -2.62. The molecule has 17 heavy (non-hydrogen) atoms. The average Bonchev–Trinajstić information content (AvgIpc) is 2.84. The van der Waals surface area contributed by atoms with Gasteiger partial charge in [-0.05, 0) is 52.1 Å². The second-order valence-electron chi connectivity index (χ2n) is 5.62. The highest BCUT2D eigenvalue weighted by Gasteiger charge is 2.56. The first-order valence-corrected chi connectivity index (χ1v) is 7.38. The van der Waals surface area contributed by atoms with Gasteiger partial charge in [0.1, 0.15) is 0 Å². The molecule has 3 heteroatoms. The van der Waals surface area contributed by atoms with Crippen molar-refractivity contribution in [1.82, 2.24) is 5.32 Å². The molecule has 0 aliphatic heterocycles. The van der Waals surface area contributed by atoms with Crippen LogP contribution in [0.4, 0.5) is 0 Å². The molecule has 0 aromatic carbocycles. The molecule has 2 fully saturated rings. The smallest absolute Gasteiger partial charge is 0.0661 e. The van der Waals surface area contributed by atoms with E-state index >= 15 is 0 Å². The highest BCUT2D eigenvalue weighted by atomic mass is 16.5. The number of ether oxygens (including phenoxy) is 1. The fourth-order valence-electron chi connectivity index (χ4n) is 3.72. The number of rotatable bonds is 7. The molecule has 1 spiro atoms. The van der Waals surface area contributed by atoms with Crippen molar-refractivity contribution >= 4 is 0 Å². The van der Waals surface area contributed by atoms with Crippen molar-refractivity contribution in [2.75, 3.05) is 19.7 Å². The highest BCUT2D eigenvalue weighted by molar-refractivity contribution is 5.09. The molecule has 0 saturated heterocycles. The number of hydrogen-bond donors (Lipinski definition) is 2.